The van der Waals surface area contributed by atoms with Crippen molar-refractivity contribution in [2.24, 2.45) is 0 Å². The Morgan fingerprint density at radius 3 is 3.00 bits per heavy atom. The topological polar surface area (TPSA) is 40.5 Å². The Hall–Kier alpha value is -1.03. The lowest BCUT2D eigenvalue weighted by Gasteiger charge is -2.16. The summed E-state index contributed by atoms with van der Waals surface area (Å²) in [7, 11) is 0. The summed E-state index contributed by atoms with van der Waals surface area (Å²) in [6, 6.07) is 5.83. The van der Waals surface area contributed by atoms with Gasteiger partial charge in [-0.05, 0) is 30.7 Å². The first-order chi connectivity index (χ1) is 7.13. The van der Waals surface area contributed by atoms with Crippen LogP contribution in [0.15, 0.2) is 22.7 Å². The molecule has 1 aliphatic heterocycles. The first kappa shape index (κ1) is 10.5. The average molecular weight is 270 g/mol. The highest BCUT2D eigenvalue weighted by Gasteiger charge is 2.32. The van der Waals surface area contributed by atoms with Gasteiger partial charge in [0, 0.05) is 23.2 Å². The lowest BCUT2D eigenvalue weighted by molar-refractivity contribution is -0.138. The van der Waals surface area contributed by atoms with Crippen molar-refractivity contribution in [1.82, 2.24) is 0 Å². The highest BCUT2D eigenvalue weighted by Crippen LogP contribution is 2.37. The van der Waals surface area contributed by atoms with Crippen LogP contribution in [0.3, 0.4) is 0 Å². The lowest BCUT2D eigenvalue weighted by atomic mass is 10.0. The van der Waals surface area contributed by atoms with Crippen LogP contribution in [0.25, 0.3) is 0 Å². The van der Waals surface area contributed by atoms with Gasteiger partial charge in [-0.25, -0.2) is 0 Å². The van der Waals surface area contributed by atoms with Gasteiger partial charge in [0.1, 0.15) is 5.92 Å². The van der Waals surface area contributed by atoms with Crippen LogP contribution in [0.1, 0.15) is 18.4 Å². The molecule has 1 aromatic carbocycles. The van der Waals surface area contributed by atoms with Crippen LogP contribution in [0.2, 0.25) is 0 Å². The maximum atomic E-state index is 11.1. The van der Waals surface area contributed by atoms with Crippen molar-refractivity contribution in [1.29, 1.82) is 0 Å². The predicted molar refractivity (Wildman–Crippen MR) is 62.4 cm³/mol. The Morgan fingerprint density at radius 1 is 1.67 bits per heavy atom. The van der Waals surface area contributed by atoms with Crippen molar-refractivity contribution in [2.45, 2.75) is 12.8 Å². The molecule has 0 aromatic heterocycles. The molecule has 0 saturated carbocycles. The molecule has 1 aliphatic rings. The van der Waals surface area contributed by atoms with E-state index >= 15 is 0 Å². The zero-order valence-corrected chi connectivity index (χ0v) is 9.99. The number of anilines is 1. The Kier molecular flexibility index (Phi) is 2.69. The lowest BCUT2D eigenvalue weighted by Crippen LogP contribution is -2.23. The van der Waals surface area contributed by atoms with Crippen LogP contribution in [-0.4, -0.2) is 24.2 Å². The van der Waals surface area contributed by atoms with E-state index in [1.165, 1.54) is 0 Å². The van der Waals surface area contributed by atoms with E-state index in [0.717, 1.165) is 22.3 Å². The highest BCUT2D eigenvalue weighted by molar-refractivity contribution is 9.10. The van der Waals surface area contributed by atoms with Crippen molar-refractivity contribution in [2.75, 3.05) is 18.0 Å². The fourth-order valence-corrected chi connectivity index (χ4v) is 2.40. The van der Waals surface area contributed by atoms with Crippen LogP contribution in [0, 0.1) is 0 Å². The Morgan fingerprint density at radius 2 is 2.40 bits per heavy atom. The molecule has 0 bridgehead atoms. The third-order valence-electron chi connectivity index (χ3n) is 2.79. The quantitative estimate of drug-likeness (QED) is 0.897. The molecular formula is C11H12BrNO2. The zero-order valence-electron chi connectivity index (χ0n) is 8.40. The number of hydrogen-bond donors (Lipinski definition) is 1. The molecule has 15 heavy (non-hydrogen) atoms. The molecule has 1 atom stereocenters. The number of fused-ring (bicyclic) bond motifs is 1. The van der Waals surface area contributed by atoms with Crippen molar-refractivity contribution >= 4 is 27.6 Å². The summed E-state index contributed by atoms with van der Waals surface area (Å²) in [5.74, 6) is -1.14. The van der Waals surface area contributed by atoms with Crippen LogP contribution in [0.4, 0.5) is 5.69 Å². The van der Waals surface area contributed by atoms with Crippen LogP contribution in [0.5, 0.6) is 0 Å². The van der Waals surface area contributed by atoms with E-state index in [2.05, 4.69) is 20.8 Å². The van der Waals surface area contributed by atoms with Gasteiger partial charge < -0.3 is 10.0 Å². The summed E-state index contributed by atoms with van der Waals surface area (Å²) in [6.07, 6.45) is 0. The summed E-state index contributed by atoms with van der Waals surface area (Å²) < 4.78 is 0.936. The maximum Gasteiger partial charge on any atom is 0.312 e. The van der Waals surface area contributed by atoms with E-state index in [1.54, 1.807) is 0 Å². The Balaban J connectivity index is 2.47. The van der Waals surface area contributed by atoms with Gasteiger partial charge in [0.25, 0.3) is 0 Å². The summed E-state index contributed by atoms with van der Waals surface area (Å²) in [5.41, 5.74) is 1.96. The molecule has 2 rings (SSSR count). The van der Waals surface area contributed by atoms with Crippen molar-refractivity contribution in [3.05, 3.63) is 28.2 Å². The molecular weight excluding hydrogens is 258 g/mol. The van der Waals surface area contributed by atoms with Crippen molar-refractivity contribution < 1.29 is 9.90 Å². The van der Waals surface area contributed by atoms with E-state index in [9.17, 15) is 4.79 Å². The van der Waals surface area contributed by atoms with Crippen molar-refractivity contribution in [3.63, 3.8) is 0 Å². The molecule has 80 valence electrons. The molecule has 0 aliphatic carbocycles. The number of halogens is 1. The van der Waals surface area contributed by atoms with E-state index in [4.69, 9.17) is 5.11 Å². The van der Waals surface area contributed by atoms with E-state index in [0.29, 0.717) is 6.54 Å². The number of carboxylic acid groups (broad SMARTS) is 1. The summed E-state index contributed by atoms with van der Waals surface area (Å²) in [4.78, 5) is 13.2. The normalized spacial score (nSPS) is 19.1. The number of benzene rings is 1. The number of aliphatic carboxylic acids is 1. The molecule has 1 N–H and O–H groups in total. The molecule has 3 nitrogen and oxygen atoms in total. The molecule has 0 fully saturated rings. The van der Waals surface area contributed by atoms with Gasteiger partial charge >= 0.3 is 5.97 Å². The first-order valence-corrected chi connectivity index (χ1v) is 5.70. The second-order valence-corrected chi connectivity index (χ2v) is 4.55. The number of rotatable bonds is 2. The van der Waals surface area contributed by atoms with E-state index in [1.807, 2.05) is 25.1 Å². The maximum absolute atomic E-state index is 11.1. The minimum Gasteiger partial charge on any atom is -0.481 e. The van der Waals surface area contributed by atoms with Gasteiger partial charge in [0.05, 0.1) is 0 Å². The first-order valence-electron chi connectivity index (χ1n) is 4.90. The monoisotopic (exact) mass is 269 g/mol. The van der Waals surface area contributed by atoms with Gasteiger partial charge in [-0.3, -0.25) is 4.79 Å². The number of nitrogens with zero attached hydrogens (tertiary/aromatic N) is 1. The largest absolute Gasteiger partial charge is 0.481 e. The summed E-state index contributed by atoms with van der Waals surface area (Å²) in [6.45, 7) is 3.46. The molecule has 1 heterocycles. The van der Waals surface area contributed by atoms with Gasteiger partial charge in [-0.2, -0.15) is 0 Å². The van der Waals surface area contributed by atoms with Crippen molar-refractivity contribution in [3.8, 4) is 0 Å². The third kappa shape index (κ3) is 1.74. The van der Waals surface area contributed by atoms with Crippen LogP contribution in [-0.2, 0) is 4.79 Å². The second kappa shape index (κ2) is 3.85. The minimum atomic E-state index is -0.745. The second-order valence-electron chi connectivity index (χ2n) is 3.63. The third-order valence-corrected chi connectivity index (χ3v) is 3.28. The molecule has 1 aromatic rings. The average Bonchev–Trinajstić information content (AvgIpc) is 2.55. The Labute approximate surface area is 96.8 Å². The number of hydrogen-bond acceptors (Lipinski definition) is 2. The SMILES string of the molecule is CCN1CC(C(=O)O)c2cc(Br)ccc21. The fourth-order valence-electron chi connectivity index (χ4n) is 2.02. The number of carboxylic acids is 1. The van der Waals surface area contributed by atoms with E-state index in [-0.39, 0.29) is 0 Å². The standard InChI is InChI=1S/C11H12BrNO2/c1-2-13-6-9(11(14)15)8-5-7(12)3-4-10(8)13/h3-5,9H,2,6H2,1H3,(H,14,15). The van der Waals surface area contributed by atoms with Gasteiger partial charge in [-0.1, -0.05) is 15.9 Å². The number of carbonyl (C=O) groups is 1. The van der Waals surface area contributed by atoms with Crippen LogP contribution < -0.4 is 4.90 Å². The van der Waals surface area contributed by atoms with Crippen LogP contribution >= 0.6 is 15.9 Å². The summed E-state index contributed by atoms with van der Waals surface area (Å²) >= 11 is 3.37. The minimum absolute atomic E-state index is 0.391. The van der Waals surface area contributed by atoms with E-state index < -0.39 is 11.9 Å². The highest BCUT2D eigenvalue weighted by atomic mass is 79.9. The molecule has 1 unspecified atom stereocenters. The summed E-state index contributed by atoms with van der Waals surface area (Å²) in [5, 5.41) is 9.12. The predicted octanol–water partition coefficient (Wildman–Crippen LogP) is 2.46. The number of likely N-dealkylation sites (N-methyl/N-ethyl adjacent to an activating group) is 1. The van der Waals surface area contributed by atoms with Gasteiger partial charge in [0.2, 0.25) is 0 Å². The molecule has 0 amide bonds. The van der Waals surface area contributed by atoms with Gasteiger partial charge in [-0.15, -0.1) is 0 Å². The molecule has 0 radical (unpaired) electrons. The molecule has 0 saturated heterocycles. The smallest absolute Gasteiger partial charge is 0.312 e. The zero-order chi connectivity index (χ0) is 11.0. The molecule has 4 heteroatoms. The Bertz CT molecular complexity index is 406. The van der Waals surface area contributed by atoms with Gasteiger partial charge in [0.15, 0.2) is 0 Å². The fraction of sp³-hybridized carbons (Fsp3) is 0.364. The molecule has 0 spiro atoms.